The standard InChI is InChI=1S/C17H19N5O6/c1-20(9-14(23)21-6-2-3-10(8-21)17(25)26)16(24)15-12-7-11(22(27)28)4-5-13(12)18-19-15/h4-5,7,10H,2-3,6,8-9H2,1H3,(H,18,19)(H,25,26). The van der Waals surface area contributed by atoms with Gasteiger partial charge in [-0.2, -0.15) is 5.10 Å². The summed E-state index contributed by atoms with van der Waals surface area (Å²) in [7, 11) is 1.43. The van der Waals surface area contributed by atoms with Gasteiger partial charge in [0.15, 0.2) is 5.69 Å². The number of H-pyrrole nitrogens is 1. The molecule has 0 radical (unpaired) electrons. The van der Waals surface area contributed by atoms with Gasteiger partial charge in [-0.25, -0.2) is 0 Å². The minimum absolute atomic E-state index is 0.0175. The Kier molecular flexibility index (Phi) is 5.25. The Morgan fingerprint density at radius 1 is 1.43 bits per heavy atom. The van der Waals surface area contributed by atoms with Crippen LogP contribution in [-0.4, -0.2) is 74.5 Å². The molecular weight excluding hydrogens is 370 g/mol. The molecule has 2 aromatic rings. The molecule has 1 aliphatic rings. The molecule has 2 N–H and O–H groups in total. The molecule has 0 saturated carbocycles. The first-order chi connectivity index (χ1) is 13.3. The molecule has 2 amide bonds. The van der Waals surface area contributed by atoms with Gasteiger partial charge in [0.2, 0.25) is 5.91 Å². The summed E-state index contributed by atoms with van der Waals surface area (Å²) in [5.74, 6) is -2.46. The molecule has 0 aliphatic carbocycles. The van der Waals surface area contributed by atoms with E-state index in [4.69, 9.17) is 5.11 Å². The van der Waals surface area contributed by atoms with Crippen molar-refractivity contribution in [3.63, 3.8) is 0 Å². The lowest BCUT2D eigenvalue weighted by Crippen LogP contribution is -2.47. The second-order valence-corrected chi connectivity index (χ2v) is 6.74. The van der Waals surface area contributed by atoms with Gasteiger partial charge in [-0.05, 0) is 18.9 Å². The number of aliphatic carboxylic acids is 1. The molecular formula is C17H19N5O6. The molecule has 3 rings (SSSR count). The number of aromatic amines is 1. The first-order valence-corrected chi connectivity index (χ1v) is 8.66. The number of likely N-dealkylation sites (tertiary alicyclic amines) is 1. The molecule has 11 heteroatoms. The van der Waals surface area contributed by atoms with E-state index in [1.807, 2.05) is 0 Å². The summed E-state index contributed by atoms with van der Waals surface area (Å²) < 4.78 is 0. The molecule has 2 heterocycles. The van der Waals surface area contributed by atoms with Gasteiger partial charge in [0, 0.05) is 37.7 Å². The van der Waals surface area contributed by atoms with Crippen molar-refractivity contribution < 1.29 is 24.4 Å². The first-order valence-electron chi connectivity index (χ1n) is 8.66. The van der Waals surface area contributed by atoms with E-state index in [-0.39, 0.29) is 30.4 Å². The Bertz CT molecular complexity index is 955. The number of rotatable bonds is 5. The molecule has 1 atom stereocenters. The number of nitro benzene ring substituents is 1. The van der Waals surface area contributed by atoms with Crippen molar-refractivity contribution in [2.45, 2.75) is 12.8 Å². The van der Waals surface area contributed by atoms with Gasteiger partial charge < -0.3 is 14.9 Å². The number of aromatic nitrogens is 2. The fourth-order valence-corrected chi connectivity index (χ4v) is 3.24. The van der Waals surface area contributed by atoms with Crippen LogP contribution in [0.4, 0.5) is 5.69 Å². The Balaban J connectivity index is 1.73. The average molecular weight is 389 g/mol. The zero-order valence-corrected chi connectivity index (χ0v) is 15.1. The third-order valence-electron chi connectivity index (χ3n) is 4.80. The minimum Gasteiger partial charge on any atom is -0.481 e. The number of hydrogen-bond acceptors (Lipinski definition) is 6. The Morgan fingerprint density at radius 3 is 2.86 bits per heavy atom. The minimum atomic E-state index is -0.938. The number of nitro groups is 1. The van der Waals surface area contributed by atoms with E-state index in [2.05, 4.69) is 10.2 Å². The van der Waals surface area contributed by atoms with Gasteiger partial charge in [0.05, 0.1) is 22.9 Å². The number of hydrogen-bond donors (Lipinski definition) is 2. The monoisotopic (exact) mass is 389 g/mol. The van der Waals surface area contributed by atoms with Crippen molar-refractivity contribution in [1.82, 2.24) is 20.0 Å². The van der Waals surface area contributed by atoms with Gasteiger partial charge in [0.25, 0.3) is 11.6 Å². The molecule has 1 aromatic carbocycles. The van der Waals surface area contributed by atoms with E-state index < -0.39 is 22.7 Å². The summed E-state index contributed by atoms with van der Waals surface area (Å²) in [4.78, 5) is 49.3. The highest BCUT2D eigenvalue weighted by Crippen LogP contribution is 2.23. The first kappa shape index (κ1) is 19.3. The van der Waals surface area contributed by atoms with Crippen LogP contribution in [0.5, 0.6) is 0 Å². The third-order valence-corrected chi connectivity index (χ3v) is 4.80. The maximum Gasteiger partial charge on any atom is 0.308 e. The molecule has 0 spiro atoms. The molecule has 1 aliphatic heterocycles. The van der Waals surface area contributed by atoms with Crippen LogP contribution < -0.4 is 0 Å². The summed E-state index contributed by atoms with van der Waals surface area (Å²) >= 11 is 0. The predicted octanol–water partition coefficient (Wildman–Crippen LogP) is 0.866. The summed E-state index contributed by atoms with van der Waals surface area (Å²) in [6.45, 7) is 0.324. The Labute approximate surface area is 159 Å². The van der Waals surface area contributed by atoms with Crippen LogP contribution in [0.1, 0.15) is 23.3 Å². The summed E-state index contributed by atoms with van der Waals surface area (Å²) in [6.07, 6.45) is 1.11. The number of carboxylic acids is 1. The van der Waals surface area contributed by atoms with Crippen molar-refractivity contribution in [1.29, 1.82) is 0 Å². The van der Waals surface area contributed by atoms with Gasteiger partial charge in [-0.1, -0.05) is 0 Å². The summed E-state index contributed by atoms with van der Waals surface area (Å²) in [5.41, 5.74) is 0.278. The van der Waals surface area contributed by atoms with Gasteiger partial charge in [0.1, 0.15) is 0 Å². The van der Waals surface area contributed by atoms with Gasteiger partial charge in [-0.3, -0.25) is 29.6 Å². The highest BCUT2D eigenvalue weighted by atomic mass is 16.6. The fraction of sp³-hybridized carbons (Fsp3) is 0.412. The van der Waals surface area contributed by atoms with Crippen molar-refractivity contribution >= 4 is 34.4 Å². The number of nitrogens with zero attached hydrogens (tertiary/aromatic N) is 4. The van der Waals surface area contributed by atoms with E-state index in [0.29, 0.717) is 30.3 Å². The van der Waals surface area contributed by atoms with E-state index >= 15 is 0 Å². The third kappa shape index (κ3) is 3.77. The number of fused-ring (bicyclic) bond motifs is 1. The molecule has 11 nitrogen and oxygen atoms in total. The lowest BCUT2D eigenvalue weighted by molar-refractivity contribution is -0.384. The van der Waals surface area contributed by atoms with Crippen LogP contribution in [0.15, 0.2) is 18.2 Å². The van der Waals surface area contributed by atoms with Crippen LogP contribution in [0.2, 0.25) is 0 Å². The van der Waals surface area contributed by atoms with Crippen molar-refractivity contribution in [2.75, 3.05) is 26.7 Å². The number of carbonyl (C=O) groups excluding carboxylic acids is 2. The van der Waals surface area contributed by atoms with Crippen LogP contribution in [0.3, 0.4) is 0 Å². The lowest BCUT2D eigenvalue weighted by Gasteiger charge is -2.31. The van der Waals surface area contributed by atoms with Crippen molar-refractivity contribution in [3.8, 4) is 0 Å². The fourth-order valence-electron chi connectivity index (χ4n) is 3.24. The maximum absolute atomic E-state index is 12.7. The number of carboxylic acid groups (broad SMARTS) is 1. The number of likely N-dealkylation sites (N-methyl/N-ethyl adjacent to an activating group) is 1. The molecule has 148 valence electrons. The lowest BCUT2D eigenvalue weighted by atomic mass is 9.98. The van der Waals surface area contributed by atoms with Crippen LogP contribution in [-0.2, 0) is 9.59 Å². The van der Waals surface area contributed by atoms with Crippen LogP contribution in [0.25, 0.3) is 10.9 Å². The number of nitrogens with one attached hydrogen (secondary N) is 1. The van der Waals surface area contributed by atoms with Crippen LogP contribution in [0, 0.1) is 16.0 Å². The SMILES string of the molecule is CN(CC(=O)N1CCCC(C(=O)O)C1)C(=O)c1n[nH]c2ccc([N+](=O)[O-])cc12. The van der Waals surface area contributed by atoms with Crippen LogP contribution >= 0.6 is 0 Å². The average Bonchev–Trinajstić information content (AvgIpc) is 3.10. The number of carbonyl (C=O) groups is 3. The number of amides is 2. The molecule has 0 bridgehead atoms. The molecule has 1 fully saturated rings. The van der Waals surface area contributed by atoms with E-state index in [1.165, 1.54) is 35.0 Å². The van der Waals surface area contributed by atoms with E-state index in [9.17, 15) is 24.5 Å². The molecule has 1 saturated heterocycles. The summed E-state index contributed by atoms with van der Waals surface area (Å²) in [5, 5.41) is 27.0. The second kappa shape index (κ2) is 7.62. The highest BCUT2D eigenvalue weighted by molar-refractivity contribution is 6.06. The highest BCUT2D eigenvalue weighted by Gasteiger charge is 2.29. The largest absolute Gasteiger partial charge is 0.481 e. The number of piperidine rings is 1. The number of benzene rings is 1. The van der Waals surface area contributed by atoms with Crippen molar-refractivity contribution in [3.05, 3.63) is 34.0 Å². The van der Waals surface area contributed by atoms with Gasteiger partial charge >= 0.3 is 5.97 Å². The zero-order chi connectivity index (χ0) is 20.4. The molecule has 1 aromatic heterocycles. The Morgan fingerprint density at radius 2 is 2.18 bits per heavy atom. The molecule has 1 unspecified atom stereocenters. The summed E-state index contributed by atoms with van der Waals surface area (Å²) in [6, 6.07) is 4.02. The van der Waals surface area contributed by atoms with E-state index in [1.54, 1.807) is 0 Å². The predicted molar refractivity (Wildman–Crippen MR) is 96.6 cm³/mol. The van der Waals surface area contributed by atoms with E-state index in [0.717, 1.165) is 0 Å². The Hall–Kier alpha value is -3.50. The smallest absolute Gasteiger partial charge is 0.308 e. The van der Waals surface area contributed by atoms with Gasteiger partial charge in [-0.15, -0.1) is 0 Å². The molecule has 28 heavy (non-hydrogen) atoms. The number of non-ortho nitro benzene ring substituents is 1. The second-order valence-electron chi connectivity index (χ2n) is 6.74. The quantitative estimate of drug-likeness (QED) is 0.569. The topological polar surface area (TPSA) is 150 Å². The van der Waals surface area contributed by atoms with Crippen molar-refractivity contribution in [2.24, 2.45) is 5.92 Å². The zero-order valence-electron chi connectivity index (χ0n) is 15.1. The normalized spacial score (nSPS) is 16.8. The maximum atomic E-state index is 12.7.